The number of carbonyl (C=O) groups excluding carboxylic acids is 1. The molecule has 0 aliphatic carbocycles. The highest BCUT2D eigenvalue weighted by Crippen LogP contribution is 2.43. The molecule has 2 aromatic rings. The van der Waals surface area contributed by atoms with Crippen LogP contribution in [0.2, 0.25) is 0 Å². The van der Waals surface area contributed by atoms with Gasteiger partial charge >= 0.3 is 0 Å². The number of rotatable bonds is 5. The molecule has 1 amide bonds. The highest BCUT2D eigenvalue weighted by Gasteiger charge is 2.45. The normalized spacial score (nSPS) is 13.6. The zero-order valence-electron chi connectivity index (χ0n) is 13.0. The van der Waals surface area contributed by atoms with Crippen LogP contribution in [0.25, 0.3) is 0 Å². The molecule has 116 valence electrons. The standard InChI is InChI=1S/C18H21NO3/c1-12(2)18(17(19)21,15-6-4-5-7-16(15)20)13-8-10-14(22-3)11-9-13/h4-12,20H,1-3H3,(H2,19,21). The fraction of sp³-hybridized carbons (Fsp3) is 0.278. The average Bonchev–Trinajstić information content (AvgIpc) is 2.50. The molecule has 0 spiro atoms. The van der Waals surface area contributed by atoms with Crippen molar-refractivity contribution >= 4 is 5.91 Å². The highest BCUT2D eigenvalue weighted by atomic mass is 16.5. The van der Waals surface area contributed by atoms with E-state index in [9.17, 15) is 9.90 Å². The minimum absolute atomic E-state index is 0.0609. The van der Waals surface area contributed by atoms with Gasteiger partial charge in [-0.15, -0.1) is 0 Å². The van der Waals surface area contributed by atoms with Crippen molar-refractivity contribution in [2.45, 2.75) is 19.3 Å². The third-order valence-corrected chi connectivity index (χ3v) is 4.13. The largest absolute Gasteiger partial charge is 0.508 e. The molecule has 0 aliphatic heterocycles. The number of nitrogens with two attached hydrogens (primary N) is 1. The number of amides is 1. The Balaban J connectivity index is 2.75. The Kier molecular flexibility index (Phi) is 4.40. The molecule has 4 nitrogen and oxygen atoms in total. The Morgan fingerprint density at radius 3 is 2.18 bits per heavy atom. The fourth-order valence-electron chi connectivity index (χ4n) is 3.02. The third kappa shape index (κ3) is 2.41. The number of benzene rings is 2. The van der Waals surface area contributed by atoms with Crippen molar-refractivity contribution in [2.24, 2.45) is 11.7 Å². The van der Waals surface area contributed by atoms with E-state index in [4.69, 9.17) is 10.5 Å². The van der Waals surface area contributed by atoms with Crippen LogP contribution in [0.1, 0.15) is 25.0 Å². The molecule has 0 saturated heterocycles. The molecule has 4 heteroatoms. The van der Waals surface area contributed by atoms with Crippen molar-refractivity contribution in [1.82, 2.24) is 0 Å². The molecule has 1 atom stereocenters. The van der Waals surface area contributed by atoms with Crippen molar-refractivity contribution in [1.29, 1.82) is 0 Å². The number of phenols is 1. The van der Waals surface area contributed by atoms with Gasteiger partial charge in [-0.3, -0.25) is 4.79 Å². The second-order valence-electron chi connectivity index (χ2n) is 5.57. The zero-order chi connectivity index (χ0) is 16.3. The zero-order valence-corrected chi connectivity index (χ0v) is 13.0. The minimum atomic E-state index is -1.10. The number of hydrogen-bond acceptors (Lipinski definition) is 3. The number of ether oxygens (including phenoxy) is 1. The van der Waals surface area contributed by atoms with Crippen molar-refractivity contribution in [3.63, 3.8) is 0 Å². The van der Waals surface area contributed by atoms with E-state index in [-0.39, 0.29) is 11.7 Å². The summed E-state index contributed by atoms with van der Waals surface area (Å²) in [5.74, 6) is 0.134. The van der Waals surface area contributed by atoms with E-state index < -0.39 is 11.3 Å². The summed E-state index contributed by atoms with van der Waals surface area (Å²) in [6.45, 7) is 3.84. The monoisotopic (exact) mass is 299 g/mol. The molecule has 3 N–H and O–H groups in total. The maximum atomic E-state index is 12.5. The predicted molar refractivity (Wildman–Crippen MR) is 85.9 cm³/mol. The summed E-state index contributed by atoms with van der Waals surface area (Å²) in [6.07, 6.45) is 0. The number of phenolic OH excluding ortho intramolecular Hbond substituents is 1. The highest BCUT2D eigenvalue weighted by molar-refractivity contribution is 5.92. The van der Waals surface area contributed by atoms with E-state index in [0.29, 0.717) is 11.3 Å². The molecule has 2 aromatic carbocycles. The average molecular weight is 299 g/mol. The lowest BCUT2D eigenvalue weighted by atomic mass is 9.66. The van der Waals surface area contributed by atoms with Gasteiger partial charge in [0, 0.05) is 5.56 Å². The number of methoxy groups -OCH3 is 1. The van der Waals surface area contributed by atoms with Gasteiger partial charge in [-0.2, -0.15) is 0 Å². The SMILES string of the molecule is COc1ccc(C(C(N)=O)(c2ccccc2O)C(C)C)cc1. The van der Waals surface area contributed by atoms with Crippen LogP contribution in [0.4, 0.5) is 0 Å². The number of para-hydroxylation sites is 1. The first-order chi connectivity index (χ1) is 10.4. The molecule has 22 heavy (non-hydrogen) atoms. The van der Waals surface area contributed by atoms with Crippen LogP contribution in [0.15, 0.2) is 48.5 Å². The summed E-state index contributed by atoms with van der Waals surface area (Å²) in [5.41, 5.74) is 5.95. The second kappa shape index (κ2) is 6.10. The van der Waals surface area contributed by atoms with E-state index >= 15 is 0 Å². The van der Waals surface area contributed by atoms with Gasteiger partial charge in [0.05, 0.1) is 7.11 Å². The first-order valence-electron chi connectivity index (χ1n) is 7.17. The summed E-state index contributed by atoms with van der Waals surface area (Å²) < 4.78 is 5.17. The van der Waals surface area contributed by atoms with Gasteiger partial charge in [-0.1, -0.05) is 44.2 Å². The summed E-state index contributed by atoms with van der Waals surface area (Å²) in [4.78, 5) is 12.5. The maximum Gasteiger partial charge on any atom is 0.232 e. The number of aromatic hydroxyl groups is 1. The van der Waals surface area contributed by atoms with Crippen LogP contribution < -0.4 is 10.5 Å². The number of primary amides is 1. The summed E-state index contributed by atoms with van der Waals surface area (Å²) in [7, 11) is 1.59. The van der Waals surface area contributed by atoms with Crippen molar-refractivity contribution in [2.75, 3.05) is 7.11 Å². The smallest absolute Gasteiger partial charge is 0.232 e. The molecule has 0 radical (unpaired) electrons. The summed E-state index contributed by atoms with van der Waals surface area (Å²) in [6, 6.07) is 14.0. The van der Waals surface area contributed by atoms with Crippen LogP contribution in [0.5, 0.6) is 11.5 Å². The molecule has 0 bridgehead atoms. The molecule has 0 saturated carbocycles. The van der Waals surface area contributed by atoms with Crippen LogP contribution in [0.3, 0.4) is 0 Å². The first-order valence-corrected chi connectivity index (χ1v) is 7.17. The van der Waals surface area contributed by atoms with Gasteiger partial charge < -0.3 is 15.6 Å². The van der Waals surface area contributed by atoms with Gasteiger partial charge in [-0.25, -0.2) is 0 Å². The Hall–Kier alpha value is -2.49. The van der Waals surface area contributed by atoms with Crippen LogP contribution in [-0.4, -0.2) is 18.1 Å². The molecule has 0 heterocycles. The van der Waals surface area contributed by atoms with Crippen LogP contribution in [-0.2, 0) is 10.2 Å². The molecule has 0 aromatic heterocycles. The minimum Gasteiger partial charge on any atom is -0.508 e. The van der Waals surface area contributed by atoms with E-state index in [1.165, 1.54) is 0 Å². The first kappa shape index (κ1) is 15.9. The molecule has 2 rings (SSSR count). The third-order valence-electron chi connectivity index (χ3n) is 4.13. The van der Waals surface area contributed by atoms with Crippen molar-refractivity contribution in [3.8, 4) is 11.5 Å². The quantitative estimate of drug-likeness (QED) is 0.891. The van der Waals surface area contributed by atoms with Gasteiger partial charge in [0.2, 0.25) is 5.91 Å². The topological polar surface area (TPSA) is 72.5 Å². The lowest BCUT2D eigenvalue weighted by Gasteiger charge is -2.36. The Bertz CT molecular complexity index is 664. The lowest BCUT2D eigenvalue weighted by molar-refractivity contribution is -0.123. The van der Waals surface area contributed by atoms with E-state index in [1.807, 2.05) is 26.0 Å². The van der Waals surface area contributed by atoms with Gasteiger partial charge in [0.15, 0.2) is 0 Å². The van der Waals surface area contributed by atoms with Gasteiger partial charge in [0.25, 0.3) is 0 Å². The predicted octanol–water partition coefficient (Wildman–Crippen LogP) is 2.83. The van der Waals surface area contributed by atoms with Crippen molar-refractivity contribution in [3.05, 3.63) is 59.7 Å². The van der Waals surface area contributed by atoms with E-state index in [0.717, 1.165) is 5.56 Å². The van der Waals surface area contributed by atoms with E-state index in [1.54, 1.807) is 43.5 Å². The van der Waals surface area contributed by atoms with Gasteiger partial charge in [-0.05, 0) is 29.7 Å². The summed E-state index contributed by atoms with van der Waals surface area (Å²) in [5, 5.41) is 10.3. The Morgan fingerprint density at radius 2 is 1.73 bits per heavy atom. The molecular formula is C18H21NO3. The Labute approximate surface area is 130 Å². The van der Waals surface area contributed by atoms with Gasteiger partial charge in [0.1, 0.15) is 16.9 Å². The fourth-order valence-corrected chi connectivity index (χ4v) is 3.02. The molecular weight excluding hydrogens is 278 g/mol. The number of carbonyl (C=O) groups is 1. The summed E-state index contributed by atoms with van der Waals surface area (Å²) >= 11 is 0. The van der Waals surface area contributed by atoms with Crippen LogP contribution >= 0.6 is 0 Å². The Morgan fingerprint density at radius 1 is 1.14 bits per heavy atom. The van der Waals surface area contributed by atoms with E-state index in [2.05, 4.69) is 0 Å². The van der Waals surface area contributed by atoms with Crippen molar-refractivity contribution < 1.29 is 14.6 Å². The maximum absolute atomic E-state index is 12.5. The molecule has 1 unspecified atom stereocenters. The van der Waals surface area contributed by atoms with Crippen LogP contribution in [0, 0.1) is 5.92 Å². The second-order valence-corrected chi connectivity index (χ2v) is 5.57. The molecule has 0 fully saturated rings. The lowest BCUT2D eigenvalue weighted by Crippen LogP contribution is -2.46. The number of hydrogen-bond donors (Lipinski definition) is 2. The molecule has 0 aliphatic rings.